The zero-order valence-corrected chi connectivity index (χ0v) is 20.2. The lowest BCUT2D eigenvalue weighted by atomic mass is 9.96. The Hall–Kier alpha value is -2.67. The highest BCUT2D eigenvalue weighted by molar-refractivity contribution is 7.89. The molecule has 1 aliphatic carbocycles. The molecule has 0 saturated heterocycles. The Bertz CT molecular complexity index is 1260. The molecule has 1 aliphatic rings. The van der Waals surface area contributed by atoms with Gasteiger partial charge in [-0.2, -0.15) is 4.31 Å². The highest BCUT2D eigenvalue weighted by Crippen LogP contribution is 2.33. The summed E-state index contributed by atoms with van der Waals surface area (Å²) >= 11 is 2.41. The fourth-order valence-electron chi connectivity index (χ4n) is 3.76. The molecule has 1 saturated carbocycles. The molecule has 1 amide bonds. The smallest absolute Gasteiger partial charge is 0.280 e. The van der Waals surface area contributed by atoms with E-state index in [1.54, 1.807) is 12.4 Å². The van der Waals surface area contributed by atoms with E-state index >= 15 is 0 Å². The van der Waals surface area contributed by atoms with Gasteiger partial charge in [-0.3, -0.25) is 20.2 Å². The first-order valence-corrected chi connectivity index (χ1v) is 13.5. The van der Waals surface area contributed by atoms with Crippen LogP contribution in [0.5, 0.6) is 0 Å². The van der Waals surface area contributed by atoms with Crippen LogP contribution in [0.25, 0.3) is 10.6 Å². The molecule has 0 aliphatic heterocycles. The van der Waals surface area contributed by atoms with Crippen molar-refractivity contribution < 1.29 is 18.1 Å². The van der Waals surface area contributed by atoms with Crippen LogP contribution in [-0.4, -0.2) is 41.6 Å². The molecule has 1 aromatic carbocycles. The number of benzene rings is 1. The van der Waals surface area contributed by atoms with E-state index in [9.17, 15) is 23.3 Å². The van der Waals surface area contributed by atoms with Crippen molar-refractivity contribution in [1.29, 1.82) is 0 Å². The minimum atomic E-state index is -3.63. The second-order valence-electron chi connectivity index (χ2n) is 7.76. The molecule has 12 heteroatoms. The Labute approximate surface area is 199 Å². The number of aromatic nitrogens is 1. The van der Waals surface area contributed by atoms with E-state index in [1.165, 1.54) is 62.7 Å². The number of anilines is 1. The van der Waals surface area contributed by atoms with Gasteiger partial charge in [-0.25, -0.2) is 13.4 Å². The lowest BCUT2D eigenvalue weighted by Crippen LogP contribution is -2.38. The number of rotatable bonds is 7. The molecule has 174 valence electrons. The van der Waals surface area contributed by atoms with Gasteiger partial charge in [0.25, 0.3) is 11.6 Å². The first kappa shape index (κ1) is 23.5. The fraction of sp³-hybridized carbons (Fsp3) is 0.333. The van der Waals surface area contributed by atoms with Gasteiger partial charge >= 0.3 is 0 Å². The third kappa shape index (κ3) is 5.13. The Kier molecular flexibility index (Phi) is 6.88. The number of nitrogens with zero attached hydrogens (tertiary/aromatic N) is 3. The second-order valence-corrected chi connectivity index (χ2v) is 11.5. The largest absolute Gasteiger partial charge is 0.298 e. The maximum Gasteiger partial charge on any atom is 0.280 e. The predicted molar refractivity (Wildman–Crippen MR) is 128 cm³/mol. The third-order valence-electron chi connectivity index (χ3n) is 5.66. The van der Waals surface area contributed by atoms with E-state index < -0.39 is 20.9 Å². The highest BCUT2D eigenvalue weighted by Gasteiger charge is 2.29. The SMILES string of the molecule is CN(C1CCCCC1)S(=O)(=O)c1ccc(C(=O)Nc2nc(-c3cc([N+](=O)[O-])cs3)cs2)cc1. The number of carbonyl (C=O) groups is 1. The summed E-state index contributed by atoms with van der Waals surface area (Å²) in [5, 5.41) is 17.0. The van der Waals surface area contributed by atoms with Crippen molar-refractivity contribution in [3.05, 3.63) is 56.8 Å². The molecule has 0 unspecified atom stereocenters. The molecule has 0 radical (unpaired) electrons. The zero-order valence-electron chi connectivity index (χ0n) is 17.8. The molecule has 0 spiro atoms. The van der Waals surface area contributed by atoms with Crippen LogP contribution >= 0.6 is 22.7 Å². The van der Waals surface area contributed by atoms with Crippen molar-refractivity contribution in [2.75, 3.05) is 12.4 Å². The molecule has 0 bridgehead atoms. The Morgan fingerprint density at radius 1 is 1.15 bits per heavy atom. The summed E-state index contributed by atoms with van der Waals surface area (Å²) in [6.07, 6.45) is 4.94. The van der Waals surface area contributed by atoms with Gasteiger partial charge in [-0.05, 0) is 37.1 Å². The quantitative estimate of drug-likeness (QED) is 0.356. The van der Waals surface area contributed by atoms with Crippen molar-refractivity contribution in [3.8, 4) is 10.6 Å². The van der Waals surface area contributed by atoms with E-state index in [4.69, 9.17) is 0 Å². The number of nitro groups is 1. The lowest BCUT2D eigenvalue weighted by Gasteiger charge is -2.30. The van der Waals surface area contributed by atoms with Gasteiger partial charge in [0, 0.05) is 30.1 Å². The van der Waals surface area contributed by atoms with E-state index in [0.717, 1.165) is 32.1 Å². The van der Waals surface area contributed by atoms with Crippen molar-refractivity contribution in [1.82, 2.24) is 9.29 Å². The Morgan fingerprint density at radius 3 is 2.48 bits per heavy atom. The number of hydrogen-bond acceptors (Lipinski definition) is 8. The maximum absolute atomic E-state index is 13.0. The van der Waals surface area contributed by atoms with Crippen LogP contribution in [0.3, 0.4) is 0 Å². The molecule has 2 heterocycles. The van der Waals surface area contributed by atoms with Gasteiger partial charge in [-0.15, -0.1) is 22.7 Å². The molecule has 0 atom stereocenters. The lowest BCUT2D eigenvalue weighted by molar-refractivity contribution is -0.384. The number of thiazole rings is 1. The van der Waals surface area contributed by atoms with Crippen LogP contribution in [0.2, 0.25) is 0 Å². The monoisotopic (exact) mass is 506 g/mol. The van der Waals surface area contributed by atoms with Gasteiger partial charge in [0.1, 0.15) is 0 Å². The molecule has 3 aromatic rings. The van der Waals surface area contributed by atoms with Crippen molar-refractivity contribution >= 4 is 49.4 Å². The summed E-state index contributed by atoms with van der Waals surface area (Å²) in [7, 11) is -2.01. The van der Waals surface area contributed by atoms with Crippen molar-refractivity contribution in [3.63, 3.8) is 0 Å². The van der Waals surface area contributed by atoms with Gasteiger partial charge in [0.05, 0.1) is 25.8 Å². The number of thiophene rings is 1. The number of amides is 1. The number of sulfonamides is 1. The average molecular weight is 507 g/mol. The molecule has 33 heavy (non-hydrogen) atoms. The normalized spacial score (nSPS) is 15.0. The summed E-state index contributed by atoms with van der Waals surface area (Å²) < 4.78 is 27.4. The zero-order chi connectivity index (χ0) is 23.6. The highest BCUT2D eigenvalue weighted by atomic mass is 32.2. The Morgan fingerprint density at radius 2 is 1.85 bits per heavy atom. The van der Waals surface area contributed by atoms with Gasteiger partial charge in [-0.1, -0.05) is 19.3 Å². The van der Waals surface area contributed by atoms with Crippen molar-refractivity contribution in [2.45, 2.75) is 43.0 Å². The second kappa shape index (κ2) is 9.67. The van der Waals surface area contributed by atoms with Crippen molar-refractivity contribution in [2.24, 2.45) is 0 Å². The summed E-state index contributed by atoms with van der Waals surface area (Å²) in [5.74, 6) is -0.419. The van der Waals surface area contributed by atoms with Gasteiger partial charge < -0.3 is 0 Å². The van der Waals surface area contributed by atoms with Crippen LogP contribution in [0, 0.1) is 10.1 Å². The van der Waals surface area contributed by atoms with E-state index in [1.807, 2.05) is 0 Å². The minimum Gasteiger partial charge on any atom is -0.298 e. The maximum atomic E-state index is 13.0. The molecular formula is C21H22N4O5S3. The number of nitrogens with one attached hydrogen (secondary N) is 1. The van der Waals surface area contributed by atoms with Gasteiger partial charge in [0.15, 0.2) is 5.13 Å². The number of hydrogen-bond donors (Lipinski definition) is 1. The minimum absolute atomic E-state index is 0.00207. The van der Waals surface area contributed by atoms with E-state index in [-0.39, 0.29) is 16.6 Å². The molecule has 4 rings (SSSR count). The van der Waals surface area contributed by atoms with Crippen LogP contribution in [-0.2, 0) is 10.0 Å². The fourth-order valence-corrected chi connectivity index (χ4v) is 6.77. The van der Waals surface area contributed by atoms with Gasteiger partial charge in [0.2, 0.25) is 10.0 Å². The summed E-state index contributed by atoms with van der Waals surface area (Å²) in [4.78, 5) is 28.1. The molecular weight excluding hydrogens is 484 g/mol. The van der Waals surface area contributed by atoms with E-state index in [2.05, 4.69) is 10.3 Å². The topological polar surface area (TPSA) is 123 Å². The van der Waals surface area contributed by atoms with Crippen LogP contribution in [0.4, 0.5) is 10.8 Å². The average Bonchev–Trinajstić information content (AvgIpc) is 3.49. The first-order valence-electron chi connectivity index (χ1n) is 10.3. The Balaban J connectivity index is 1.43. The van der Waals surface area contributed by atoms with Crippen LogP contribution in [0.15, 0.2) is 46.0 Å². The van der Waals surface area contributed by atoms with E-state index in [0.29, 0.717) is 21.3 Å². The molecule has 9 nitrogen and oxygen atoms in total. The molecule has 2 aromatic heterocycles. The number of carbonyl (C=O) groups excluding carboxylic acids is 1. The van der Waals surface area contributed by atoms with Crippen LogP contribution < -0.4 is 5.32 Å². The summed E-state index contributed by atoms with van der Waals surface area (Å²) in [6, 6.07) is 7.30. The van der Waals surface area contributed by atoms with Crippen LogP contribution in [0.1, 0.15) is 42.5 Å². The summed E-state index contributed by atoms with van der Waals surface area (Å²) in [6.45, 7) is 0. The predicted octanol–water partition coefficient (Wildman–Crippen LogP) is 4.99. The third-order valence-corrected chi connectivity index (χ3v) is 9.28. The first-order chi connectivity index (χ1) is 15.8. The molecule has 1 N–H and O–H groups in total. The summed E-state index contributed by atoms with van der Waals surface area (Å²) in [5.41, 5.74) is 0.844. The standard InChI is InChI=1S/C21H22N4O5S3/c1-24(15-5-3-2-4-6-15)33(29,30)17-9-7-14(8-10-17)20(26)23-21-22-18(13-32-21)19-11-16(12-31-19)25(27)28/h7-13,15H,2-6H2,1H3,(H,22,23,26). The molecule has 1 fully saturated rings.